The Morgan fingerprint density at radius 3 is 2.04 bits per heavy atom. The zero-order valence-corrected chi connectivity index (χ0v) is 14.1. The van der Waals surface area contributed by atoms with Gasteiger partial charge in [0.05, 0.1) is 17.1 Å². The molecule has 0 saturated heterocycles. The van der Waals surface area contributed by atoms with Crippen LogP contribution in [0.2, 0.25) is 0 Å². The number of hydrogen-bond acceptors (Lipinski definition) is 1. The van der Waals surface area contributed by atoms with Crippen molar-refractivity contribution in [3.8, 4) is 16.9 Å². The molecule has 1 aliphatic carbocycles. The first-order valence-electron chi connectivity index (χ1n) is 9.15. The molecule has 0 bridgehead atoms. The molecule has 4 rings (SSSR count). The van der Waals surface area contributed by atoms with E-state index in [4.69, 9.17) is 5.10 Å². The third-order valence-electron chi connectivity index (χ3n) is 4.96. The van der Waals surface area contributed by atoms with Gasteiger partial charge in [0.25, 0.3) is 0 Å². The summed E-state index contributed by atoms with van der Waals surface area (Å²) in [6.07, 6.45) is 8.81. The van der Waals surface area contributed by atoms with Crippen molar-refractivity contribution in [3.05, 3.63) is 71.9 Å². The predicted octanol–water partition coefficient (Wildman–Crippen LogP) is 5.59. The van der Waals surface area contributed by atoms with Crippen LogP contribution in [0.25, 0.3) is 16.9 Å². The maximum atomic E-state index is 5.06. The van der Waals surface area contributed by atoms with Crippen molar-refractivity contribution in [3.63, 3.8) is 0 Å². The van der Waals surface area contributed by atoms with Crippen molar-refractivity contribution in [2.45, 2.75) is 44.9 Å². The number of para-hydroxylation sites is 1. The summed E-state index contributed by atoms with van der Waals surface area (Å²) in [4.78, 5) is 0. The number of benzene rings is 2. The molecule has 0 amide bonds. The summed E-state index contributed by atoms with van der Waals surface area (Å²) < 4.78 is 2.17. The lowest BCUT2D eigenvalue weighted by Crippen LogP contribution is -2.00. The van der Waals surface area contributed by atoms with Gasteiger partial charge in [0, 0.05) is 11.1 Å². The molecule has 0 N–H and O–H groups in total. The Hall–Kier alpha value is -2.35. The number of aromatic nitrogens is 2. The van der Waals surface area contributed by atoms with E-state index in [0.717, 1.165) is 18.5 Å². The van der Waals surface area contributed by atoms with Gasteiger partial charge < -0.3 is 0 Å². The SMILES string of the molecule is c1ccc(-c2c3c(nn2-c2ccccc2)CCCCCCC3)cc1. The second-order valence-electron chi connectivity index (χ2n) is 6.65. The molecule has 1 heterocycles. The third-order valence-corrected chi connectivity index (χ3v) is 4.96. The quantitative estimate of drug-likeness (QED) is 0.602. The molecule has 0 fully saturated rings. The molecule has 24 heavy (non-hydrogen) atoms. The van der Waals surface area contributed by atoms with Crippen LogP contribution in [0.5, 0.6) is 0 Å². The smallest absolute Gasteiger partial charge is 0.0775 e. The largest absolute Gasteiger partial charge is 0.233 e. The number of rotatable bonds is 2. The molecule has 0 unspecified atom stereocenters. The van der Waals surface area contributed by atoms with E-state index >= 15 is 0 Å². The minimum atomic E-state index is 1.11. The van der Waals surface area contributed by atoms with Crippen LogP contribution in [0.15, 0.2) is 60.7 Å². The molecule has 2 heteroatoms. The van der Waals surface area contributed by atoms with Crippen LogP contribution in [0, 0.1) is 0 Å². The van der Waals surface area contributed by atoms with Crippen molar-refractivity contribution in [1.82, 2.24) is 9.78 Å². The van der Waals surface area contributed by atoms with Gasteiger partial charge in [-0.3, -0.25) is 0 Å². The first-order valence-corrected chi connectivity index (χ1v) is 9.15. The minimum Gasteiger partial charge on any atom is -0.233 e. The molecule has 1 aliphatic rings. The Morgan fingerprint density at radius 2 is 1.29 bits per heavy atom. The van der Waals surface area contributed by atoms with Gasteiger partial charge >= 0.3 is 0 Å². The van der Waals surface area contributed by atoms with Crippen LogP contribution in [0.4, 0.5) is 0 Å². The van der Waals surface area contributed by atoms with Gasteiger partial charge in [-0.05, 0) is 37.8 Å². The van der Waals surface area contributed by atoms with Crippen molar-refractivity contribution >= 4 is 0 Å². The lowest BCUT2D eigenvalue weighted by Gasteiger charge is -2.10. The Balaban J connectivity index is 1.90. The fourth-order valence-electron chi connectivity index (χ4n) is 3.73. The van der Waals surface area contributed by atoms with Crippen molar-refractivity contribution < 1.29 is 0 Å². The molecule has 2 aromatic carbocycles. The minimum absolute atomic E-state index is 1.11. The van der Waals surface area contributed by atoms with Crippen molar-refractivity contribution in [2.24, 2.45) is 0 Å². The highest BCUT2D eigenvalue weighted by Gasteiger charge is 2.20. The molecule has 1 aromatic heterocycles. The van der Waals surface area contributed by atoms with Gasteiger partial charge in [-0.1, -0.05) is 67.8 Å². The average Bonchev–Trinajstić information content (AvgIpc) is 3.04. The normalized spacial score (nSPS) is 15.2. The van der Waals surface area contributed by atoms with E-state index < -0.39 is 0 Å². The fourth-order valence-corrected chi connectivity index (χ4v) is 3.73. The van der Waals surface area contributed by atoms with E-state index in [-0.39, 0.29) is 0 Å². The molecule has 2 nitrogen and oxygen atoms in total. The van der Waals surface area contributed by atoms with Crippen LogP contribution in [-0.2, 0) is 12.8 Å². The van der Waals surface area contributed by atoms with Crippen LogP contribution < -0.4 is 0 Å². The molecule has 0 radical (unpaired) electrons. The summed E-state index contributed by atoms with van der Waals surface area (Å²) in [7, 11) is 0. The van der Waals surface area contributed by atoms with E-state index in [9.17, 15) is 0 Å². The third kappa shape index (κ3) is 3.01. The lowest BCUT2D eigenvalue weighted by atomic mass is 10.00. The average molecular weight is 316 g/mol. The summed E-state index contributed by atoms with van der Waals surface area (Å²) in [5, 5.41) is 5.06. The fraction of sp³-hybridized carbons (Fsp3) is 0.318. The van der Waals surface area contributed by atoms with E-state index in [1.165, 1.54) is 54.6 Å². The van der Waals surface area contributed by atoms with E-state index in [2.05, 4.69) is 65.3 Å². The summed E-state index contributed by atoms with van der Waals surface area (Å²) in [6.45, 7) is 0. The van der Waals surface area contributed by atoms with E-state index in [0.29, 0.717) is 0 Å². The number of fused-ring (bicyclic) bond motifs is 1. The van der Waals surface area contributed by atoms with Crippen LogP contribution in [0.1, 0.15) is 43.4 Å². The van der Waals surface area contributed by atoms with Crippen LogP contribution in [0.3, 0.4) is 0 Å². The summed E-state index contributed by atoms with van der Waals surface area (Å²) in [5.74, 6) is 0. The highest BCUT2D eigenvalue weighted by molar-refractivity contribution is 5.67. The second kappa shape index (κ2) is 7.04. The molecule has 122 valence electrons. The molecular formula is C22H24N2. The van der Waals surface area contributed by atoms with Gasteiger partial charge in [0.2, 0.25) is 0 Å². The van der Waals surface area contributed by atoms with Crippen molar-refractivity contribution in [1.29, 1.82) is 0 Å². The maximum Gasteiger partial charge on any atom is 0.0775 e. The standard InChI is InChI=1S/C22H24N2/c1-2-10-16-20-21(17-11-3-1)23-24(19-14-8-5-9-15-19)22(20)18-12-6-4-7-13-18/h4-9,12-15H,1-3,10-11,16-17H2. The molecular weight excluding hydrogens is 292 g/mol. The summed E-state index contributed by atoms with van der Waals surface area (Å²) in [5.41, 5.74) is 6.49. The summed E-state index contributed by atoms with van der Waals surface area (Å²) >= 11 is 0. The zero-order valence-electron chi connectivity index (χ0n) is 14.1. The van der Waals surface area contributed by atoms with Gasteiger partial charge in [-0.15, -0.1) is 0 Å². The van der Waals surface area contributed by atoms with Crippen LogP contribution >= 0.6 is 0 Å². The Labute approximate surface area is 144 Å². The first kappa shape index (κ1) is 15.2. The monoisotopic (exact) mass is 316 g/mol. The number of aryl methyl sites for hydroxylation is 1. The topological polar surface area (TPSA) is 17.8 Å². The van der Waals surface area contributed by atoms with Gasteiger partial charge in [-0.25, -0.2) is 4.68 Å². The molecule has 0 spiro atoms. The maximum absolute atomic E-state index is 5.06. The predicted molar refractivity (Wildman–Crippen MR) is 99.5 cm³/mol. The highest BCUT2D eigenvalue weighted by atomic mass is 15.3. The van der Waals surface area contributed by atoms with Gasteiger partial charge in [0.15, 0.2) is 0 Å². The number of hydrogen-bond donors (Lipinski definition) is 0. The number of nitrogens with zero attached hydrogens (tertiary/aromatic N) is 2. The second-order valence-corrected chi connectivity index (χ2v) is 6.65. The van der Waals surface area contributed by atoms with Gasteiger partial charge in [0.1, 0.15) is 0 Å². The van der Waals surface area contributed by atoms with Crippen LogP contribution in [-0.4, -0.2) is 9.78 Å². The Morgan fingerprint density at radius 1 is 0.667 bits per heavy atom. The molecule has 0 aliphatic heterocycles. The first-order chi connectivity index (χ1) is 11.9. The molecule has 0 atom stereocenters. The molecule has 0 saturated carbocycles. The highest BCUT2D eigenvalue weighted by Crippen LogP contribution is 2.32. The molecule has 3 aromatic rings. The van der Waals surface area contributed by atoms with Gasteiger partial charge in [-0.2, -0.15) is 5.10 Å². The van der Waals surface area contributed by atoms with Crippen molar-refractivity contribution in [2.75, 3.05) is 0 Å². The van der Waals surface area contributed by atoms with E-state index in [1.807, 2.05) is 0 Å². The van der Waals surface area contributed by atoms with E-state index in [1.54, 1.807) is 0 Å². The Bertz CT molecular complexity index is 788. The zero-order chi connectivity index (χ0) is 16.2. The summed E-state index contributed by atoms with van der Waals surface area (Å²) in [6, 6.07) is 21.3. The Kier molecular flexibility index (Phi) is 4.46. The lowest BCUT2D eigenvalue weighted by molar-refractivity contribution is 0.624.